The second-order valence-electron chi connectivity index (χ2n) is 4.81. The van der Waals surface area contributed by atoms with Crippen LogP contribution in [0, 0.1) is 0 Å². The molecule has 1 N–H and O–H groups in total. The van der Waals surface area contributed by atoms with Crippen LogP contribution in [0.3, 0.4) is 0 Å². The number of benzene rings is 2. The number of sulfonamides is 1. The van der Waals surface area contributed by atoms with E-state index in [1.807, 2.05) is 0 Å². The molecule has 0 radical (unpaired) electrons. The van der Waals surface area contributed by atoms with Crippen molar-refractivity contribution in [1.82, 2.24) is 4.31 Å². The van der Waals surface area contributed by atoms with Gasteiger partial charge in [0.15, 0.2) is 0 Å². The molecule has 0 saturated heterocycles. The van der Waals surface area contributed by atoms with E-state index >= 15 is 0 Å². The zero-order valence-corrected chi connectivity index (χ0v) is 13.5. The molecule has 7 heteroatoms. The summed E-state index contributed by atoms with van der Waals surface area (Å²) < 4.78 is 26.0. The van der Waals surface area contributed by atoms with Crippen LogP contribution in [-0.4, -0.2) is 37.9 Å². The molecule has 0 aromatic heterocycles. The molecule has 5 nitrogen and oxygen atoms in total. The van der Waals surface area contributed by atoms with E-state index in [9.17, 15) is 13.2 Å². The lowest BCUT2D eigenvalue weighted by Crippen LogP contribution is -2.23. The first-order valence-electron chi connectivity index (χ1n) is 6.29. The molecule has 2 rings (SSSR count). The lowest BCUT2D eigenvalue weighted by atomic mass is 10.0. The number of hydrogen-bond donors (Lipinski definition) is 1. The number of carboxylic acid groups (broad SMARTS) is 1. The topological polar surface area (TPSA) is 74.7 Å². The summed E-state index contributed by atoms with van der Waals surface area (Å²) in [4.78, 5) is 11.1. The number of carboxylic acids is 1. The first-order chi connectivity index (χ1) is 10.2. The van der Waals surface area contributed by atoms with Crippen LogP contribution in [-0.2, 0) is 10.0 Å². The Morgan fingerprint density at radius 2 is 1.82 bits per heavy atom. The summed E-state index contributed by atoms with van der Waals surface area (Å²) in [6.45, 7) is 0. The zero-order chi connectivity index (χ0) is 16.5. The van der Waals surface area contributed by atoms with E-state index in [1.54, 1.807) is 24.3 Å². The van der Waals surface area contributed by atoms with Gasteiger partial charge in [-0.1, -0.05) is 29.8 Å². The van der Waals surface area contributed by atoms with Crippen molar-refractivity contribution in [2.45, 2.75) is 4.90 Å². The van der Waals surface area contributed by atoms with Crippen LogP contribution in [0.2, 0.25) is 5.02 Å². The van der Waals surface area contributed by atoms with Crippen LogP contribution < -0.4 is 0 Å². The van der Waals surface area contributed by atoms with Crippen molar-refractivity contribution in [3.63, 3.8) is 0 Å². The van der Waals surface area contributed by atoms with Gasteiger partial charge in [0.05, 0.1) is 10.5 Å². The molecule has 0 amide bonds. The molecule has 0 aliphatic carbocycles. The van der Waals surface area contributed by atoms with Crippen molar-refractivity contribution < 1.29 is 18.3 Å². The first kappa shape index (κ1) is 16.5. The third-order valence-electron chi connectivity index (χ3n) is 3.12. The number of carbonyl (C=O) groups is 1. The Kier molecular flexibility index (Phi) is 4.55. The molecule has 2 aromatic carbocycles. The summed E-state index contributed by atoms with van der Waals surface area (Å²) in [5.41, 5.74) is 0.914. The molecule has 0 bridgehead atoms. The van der Waals surface area contributed by atoms with E-state index < -0.39 is 16.0 Å². The molecule has 0 spiro atoms. The molecule has 22 heavy (non-hydrogen) atoms. The lowest BCUT2D eigenvalue weighted by molar-refractivity contribution is 0.0696. The molecule has 0 atom stereocenters. The molecule has 116 valence electrons. The van der Waals surface area contributed by atoms with Crippen molar-refractivity contribution in [1.29, 1.82) is 0 Å². The summed E-state index contributed by atoms with van der Waals surface area (Å²) in [6.07, 6.45) is 0. The van der Waals surface area contributed by atoms with E-state index in [-0.39, 0.29) is 10.5 Å². The molecule has 0 fully saturated rings. The summed E-state index contributed by atoms with van der Waals surface area (Å²) in [5.74, 6) is -1.19. The maximum Gasteiger partial charge on any atom is 0.335 e. The molecule has 0 aliphatic rings. The number of nitrogens with zero attached hydrogens (tertiary/aromatic N) is 1. The Morgan fingerprint density at radius 1 is 1.14 bits per heavy atom. The molecular formula is C15H14ClNO4S. The van der Waals surface area contributed by atoms with Crippen molar-refractivity contribution >= 4 is 27.6 Å². The second kappa shape index (κ2) is 6.08. The lowest BCUT2D eigenvalue weighted by Gasteiger charge is -2.16. The monoisotopic (exact) mass is 339 g/mol. The fourth-order valence-electron chi connectivity index (χ4n) is 1.96. The van der Waals surface area contributed by atoms with Gasteiger partial charge in [-0.05, 0) is 29.8 Å². The van der Waals surface area contributed by atoms with Crippen molar-refractivity contribution in [2.24, 2.45) is 0 Å². The minimum atomic E-state index is -3.80. The van der Waals surface area contributed by atoms with Crippen molar-refractivity contribution in [3.05, 3.63) is 53.1 Å². The Bertz CT molecular complexity index is 831. The fourth-order valence-corrected chi connectivity index (χ4v) is 3.28. The van der Waals surface area contributed by atoms with Crippen LogP contribution >= 0.6 is 11.6 Å². The van der Waals surface area contributed by atoms with Crippen molar-refractivity contribution in [2.75, 3.05) is 14.1 Å². The van der Waals surface area contributed by atoms with E-state index in [1.165, 1.54) is 26.2 Å². The highest BCUT2D eigenvalue weighted by atomic mass is 35.5. The largest absolute Gasteiger partial charge is 0.478 e. The minimum Gasteiger partial charge on any atom is -0.478 e. The highest BCUT2D eigenvalue weighted by Gasteiger charge is 2.23. The molecule has 0 aliphatic heterocycles. The third-order valence-corrected chi connectivity index (χ3v) is 5.21. The highest BCUT2D eigenvalue weighted by Crippen LogP contribution is 2.31. The number of hydrogen-bond acceptors (Lipinski definition) is 3. The van der Waals surface area contributed by atoms with Gasteiger partial charge in [-0.2, -0.15) is 0 Å². The highest BCUT2D eigenvalue weighted by molar-refractivity contribution is 7.89. The summed E-state index contributed by atoms with van der Waals surface area (Å²) in [5, 5.41) is 9.56. The molecule has 2 aromatic rings. The number of aromatic carboxylic acids is 1. The molecule has 0 heterocycles. The normalized spacial score (nSPS) is 11.6. The number of halogens is 1. The van der Waals surface area contributed by atoms with Gasteiger partial charge in [0.2, 0.25) is 10.0 Å². The predicted molar refractivity (Wildman–Crippen MR) is 84.7 cm³/mol. The maximum atomic E-state index is 12.5. The number of rotatable bonds is 4. The minimum absolute atomic E-state index is 0.0698. The third kappa shape index (κ3) is 3.14. The van der Waals surface area contributed by atoms with Crippen LogP contribution in [0.15, 0.2) is 47.4 Å². The van der Waals surface area contributed by atoms with Gasteiger partial charge in [0.1, 0.15) is 0 Å². The first-order valence-corrected chi connectivity index (χ1v) is 8.11. The van der Waals surface area contributed by atoms with E-state index in [0.717, 1.165) is 10.4 Å². The SMILES string of the molecule is CN(C)S(=O)(=O)c1cc(C(=O)O)ccc1-c1cccc(Cl)c1. The fraction of sp³-hybridized carbons (Fsp3) is 0.133. The van der Waals surface area contributed by atoms with Crippen LogP contribution in [0.4, 0.5) is 0 Å². The van der Waals surface area contributed by atoms with Gasteiger partial charge in [-0.25, -0.2) is 17.5 Å². The van der Waals surface area contributed by atoms with Crippen LogP contribution in [0.1, 0.15) is 10.4 Å². The van der Waals surface area contributed by atoms with Gasteiger partial charge in [0, 0.05) is 24.7 Å². The summed E-state index contributed by atoms with van der Waals surface area (Å²) >= 11 is 5.95. The summed E-state index contributed by atoms with van der Waals surface area (Å²) in [6, 6.07) is 10.7. The smallest absolute Gasteiger partial charge is 0.335 e. The summed E-state index contributed by atoms with van der Waals surface area (Å²) in [7, 11) is -1.01. The Morgan fingerprint density at radius 3 is 2.36 bits per heavy atom. The van der Waals surface area contributed by atoms with Gasteiger partial charge in [0.25, 0.3) is 0 Å². The standard InChI is InChI=1S/C15H14ClNO4S/c1-17(2)22(20,21)14-9-11(15(18)19)6-7-13(14)10-4-3-5-12(16)8-10/h3-9H,1-2H3,(H,18,19). The van der Waals surface area contributed by atoms with Gasteiger partial charge in [-0.3, -0.25) is 0 Å². The van der Waals surface area contributed by atoms with Crippen molar-refractivity contribution in [3.8, 4) is 11.1 Å². The Labute approximate surface area is 133 Å². The quantitative estimate of drug-likeness (QED) is 0.929. The average Bonchev–Trinajstić information content (AvgIpc) is 2.46. The van der Waals surface area contributed by atoms with E-state index in [0.29, 0.717) is 16.1 Å². The van der Waals surface area contributed by atoms with E-state index in [2.05, 4.69) is 0 Å². The Balaban J connectivity index is 2.77. The van der Waals surface area contributed by atoms with Crippen LogP contribution in [0.5, 0.6) is 0 Å². The Hall–Kier alpha value is -1.89. The molecule has 0 unspecified atom stereocenters. The van der Waals surface area contributed by atoms with Crippen LogP contribution in [0.25, 0.3) is 11.1 Å². The van der Waals surface area contributed by atoms with E-state index in [4.69, 9.17) is 16.7 Å². The zero-order valence-electron chi connectivity index (χ0n) is 11.9. The maximum absolute atomic E-state index is 12.5. The van der Waals surface area contributed by atoms with Gasteiger partial charge in [-0.15, -0.1) is 0 Å². The second-order valence-corrected chi connectivity index (χ2v) is 7.37. The molecular weight excluding hydrogens is 326 g/mol. The molecule has 0 saturated carbocycles. The average molecular weight is 340 g/mol. The van der Waals surface area contributed by atoms with Gasteiger partial charge < -0.3 is 5.11 Å². The predicted octanol–water partition coefficient (Wildman–Crippen LogP) is 2.96. The van der Waals surface area contributed by atoms with Gasteiger partial charge >= 0.3 is 5.97 Å².